The lowest BCUT2D eigenvalue weighted by Gasteiger charge is -2.44. The van der Waals surface area contributed by atoms with E-state index in [2.05, 4.69) is 26.1 Å². The van der Waals surface area contributed by atoms with Crippen LogP contribution in [-0.2, 0) is 0 Å². The molecule has 2 rings (SSSR count). The Bertz CT molecular complexity index is 491. The minimum atomic E-state index is -1.39. The average molecular weight is 300 g/mol. The largest absolute Gasteiger partial charge is 0.363 e. The SMILES string of the molecule is CCCC1CN(c2ccc(F)c(F)c2F)C(C(C)C)CN1. The number of anilines is 1. The van der Waals surface area contributed by atoms with Crippen molar-refractivity contribution in [1.82, 2.24) is 5.32 Å². The number of halogens is 3. The third kappa shape index (κ3) is 3.34. The molecule has 2 atom stereocenters. The maximum atomic E-state index is 14.1. The lowest BCUT2D eigenvalue weighted by molar-refractivity contribution is 0.323. The Balaban J connectivity index is 2.33. The summed E-state index contributed by atoms with van der Waals surface area (Å²) in [6, 6.07) is 2.66. The molecule has 1 aromatic carbocycles. The van der Waals surface area contributed by atoms with Gasteiger partial charge in [0.05, 0.1) is 5.69 Å². The van der Waals surface area contributed by atoms with Crippen LogP contribution < -0.4 is 10.2 Å². The molecule has 1 heterocycles. The highest BCUT2D eigenvalue weighted by Gasteiger charge is 2.32. The zero-order valence-electron chi connectivity index (χ0n) is 12.8. The van der Waals surface area contributed by atoms with E-state index in [0.717, 1.165) is 25.5 Å². The first-order valence-corrected chi connectivity index (χ1v) is 7.59. The number of piperazine rings is 1. The molecule has 1 aromatic rings. The van der Waals surface area contributed by atoms with E-state index in [1.54, 1.807) is 0 Å². The van der Waals surface area contributed by atoms with Crippen LogP contribution in [0.1, 0.15) is 33.6 Å². The van der Waals surface area contributed by atoms with E-state index in [4.69, 9.17) is 0 Å². The molecule has 1 aliphatic heterocycles. The van der Waals surface area contributed by atoms with Gasteiger partial charge in [-0.05, 0) is 24.5 Å². The van der Waals surface area contributed by atoms with Crippen molar-refractivity contribution in [3.63, 3.8) is 0 Å². The molecule has 2 unspecified atom stereocenters. The van der Waals surface area contributed by atoms with Crippen molar-refractivity contribution in [3.8, 4) is 0 Å². The van der Waals surface area contributed by atoms with Crippen LogP contribution in [0, 0.1) is 23.4 Å². The average Bonchev–Trinajstić information content (AvgIpc) is 2.45. The maximum absolute atomic E-state index is 14.1. The second-order valence-electron chi connectivity index (χ2n) is 6.05. The van der Waals surface area contributed by atoms with Gasteiger partial charge in [0.2, 0.25) is 0 Å². The fourth-order valence-electron chi connectivity index (χ4n) is 2.99. The highest BCUT2D eigenvalue weighted by molar-refractivity contribution is 5.50. The van der Waals surface area contributed by atoms with Crippen molar-refractivity contribution in [2.45, 2.75) is 45.7 Å². The first-order valence-electron chi connectivity index (χ1n) is 7.59. The summed E-state index contributed by atoms with van der Waals surface area (Å²) >= 11 is 0. The van der Waals surface area contributed by atoms with Crippen molar-refractivity contribution in [1.29, 1.82) is 0 Å². The number of nitrogens with zero attached hydrogens (tertiary/aromatic N) is 1. The summed E-state index contributed by atoms with van der Waals surface area (Å²) < 4.78 is 40.8. The molecule has 1 N–H and O–H groups in total. The summed E-state index contributed by atoms with van der Waals surface area (Å²) in [5.74, 6) is -3.33. The summed E-state index contributed by atoms with van der Waals surface area (Å²) in [5, 5.41) is 3.46. The fourth-order valence-corrected chi connectivity index (χ4v) is 2.99. The van der Waals surface area contributed by atoms with Gasteiger partial charge in [0.25, 0.3) is 0 Å². The highest BCUT2D eigenvalue weighted by Crippen LogP contribution is 2.29. The van der Waals surface area contributed by atoms with E-state index in [9.17, 15) is 13.2 Å². The van der Waals surface area contributed by atoms with E-state index in [1.807, 2.05) is 4.90 Å². The molecule has 0 aromatic heterocycles. The first kappa shape index (κ1) is 16.1. The predicted molar refractivity (Wildman–Crippen MR) is 79.0 cm³/mol. The zero-order valence-corrected chi connectivity index (χ0v) is 12.8. The van der Waals surface area contributed by atoms with Gasteiger partial charge in [0, 0.05) is 25.2 Å². The molecular weight excluding hydrogens is 277 g/mol. The Morgan fingerprint density at radius 1 is 1.24 bits per heavy atom. The van der Waals surface area contributed by atoms with E-state index in [-0.39, 0.29) is 23.7 Å². The van der Waals surface area contributed by atoms with Gasteiger partial charge in [0.15, 0.2) is 17.5 Å². The predicted octanol–water partition coefficient (Wildman–Crippen LogP) is 3.71. The summed E-state index contributed by atoms with van der Waals surface area (Å²) in [4.78, 5) is 1.89. The van der Waals surface area contributed by atoms with Crippen LogP contribution in [-0.4, -0.2) is 25.2 Å². The van der Waals surface area contributed by atoms with Crippen LogP contribution in [0.25, 0.3) is 0 Å². The first-order chi connectivity index (χ1) is 9.95. The maximum Gasteiger partial charge on any atom is 0.196 e. The summed E-state index contributed by atoms with van der Waals surface area (Å²) in [7, 11) is 0. The Kier molecular flexibility index (Phi) is 5.14. The van der Waals surface area contributed by atoms with Crippen molar-refractivity contribution in [2.24, 2.45) is 5.92 Å². The van der Waals surface area contributed by atoms with Crippen LogP contribution in [0.15, 0.2) is 12.1 Å². The Morgan fingerprint density at radius 3 is 2.57 bits per heavy atom. The van der Waals surface area contributed by atoms with Gasteiger partial charge < -0.3 is 10.2 Å². The minimum absolute atomic E-state index is 0.0671. The van der Waals surface area contributed by atoms with Crippen LogP contribution in [0.4, 0.5) is 18.9 Å². The Labute approximate surface area is 124 Å². The highest BCUT2D eigenvalue weighted by atomic mass is 19.2. The number of nitrogens with one attached hydrogen (secondary N) is 1. The Morgan fingerprint density at radius 2 is 1.95 bits per heavy atom. The zero-order chi connectivity index (χ0) is 15.6. The topological polar surface area (TPSA) is 15.3 Å². The van der Waals surface area contributed by atoms with Crippen LogP contribution in [0.5, 0.6) is 0 Å². The van der Waals surface area contributed by atoms with E-state index >= 15 is 0 Å². The van der Waals surface area contributed by atoms with Gasteiger partial charge in [-0.25, -0.2) is 13.2 Å². The fraction of sp³-hybridized carbons (Fsp3) is 0.625. The normalized spacial score (nSPS) is 22.9. The lowest BCUT2D eigenvalue weighted by Crippen LogP contribution is -2.58. The second-order valence-corrected chi connectivity index (χ2v) is 6.05. The quantitative estimate of drug-likeness (QED) is 0.853. The van der Waals surface area contributed by atoms with Gasteiger partial charge >= 0.3 is 0 Å². The molecule has 5 heteroatoms. The Hall–Kier alpha value is -1.23. The summed E-state index contributed by atoms with van der Waals surface area (Å²) in [5.41, 5.74) is 0.162. The van der Waals surface area contributed by atoms with Gasteiger partial charge in [-0.3, -0.25) is 0 Å². The van der Waals surface area contributed by atoms with Crippen LogP contribution >= 0.6 is 0 Å². The lowest BCUT2D eigenvalue weighted by atomic mass is 9.96. The van der Waals surface area contributed by atoms with Crippen molar-refractivity contribution in [3.05, 3.63) is 29.6 Å². The standard InChI is InChI=1S/C16H23F3N2/c1-4-5-11-9-21(14(8-20-11)10(2)3)13-7-6-12(17)15(18)16(13)19/h6-7,10-11,14,20H,4-5,8-9H2,1-3H3. The van der Waals surface area contributed by atoms with Crippen molar-refractivity contribution < 1.29 is 13.2 Å². The molecule has 118 valence electrons. The number of rotatable bonds is 4. The van der Waals surface area contributed by atoms with Gasteiger partial charge in [-0.1, -0.05) is 27.2 Å². The van der Waals surface area contributed by atoms with E-state index in [1.165, 1.54) is 6.07 Å². The molecule has 0 saturated carbocycles. The van der Waals surface area contributed by atoms with Gasteiger partial charge in [-0.15, -0.1) is 0 Å². The molecule has 0 amide bonds. The molecule has 0 bridgehead atoms. The smallest absolute Gasteiger partial charge is 0.196 e. The molecular formula is C16H23F3N2. The van der Waals surface area contributed by atoms with Crippen LogP contribution in [0.2, 0.25) is 0 Å². The third-order valence-corrected chi connectivity index (χ3v) is 4.16. The molecule has 2 nitrogen and oxygen atoms in total. The molecule has 0 aliphatic carbocycles. The summed E-state index contributed by atoms with van der Waals surface area (Å²) in [6.07, 6.45) is 2.00. The molecule has 0 radical (unpaired) electrons. The van der Waals surface area contributed by atoms with Gasteiger partial charge in [-0.2, -0.15) is 0 Å². The molecule has 21 heavy (non-hydrogen) atoms. The molecule has 1 aliphatic rings. The number of hydrogen-bond donors (Lipinski definition) is 1. The number of hydrogen-bond acceptors (Lipinski definition) is 2. The molecule has 1 saturated heterocycles. The monoisotopic (exact) mass is 300 g/mol. The van der Waals surface area contributed by atoms with Gasteiger partial charge in [0.1, 0.15) is 0 Å². The second kappa shape index (κ2) is 6.69. The summed E-state index contributed by atoms with van der Waals surface area (Å²) in [6.45, 7) is 7.53. The van der Waals surface area contributed by atoms with E-state index in [0.29, 0.717) is 6.54 Å². The number of benzene rings is 1. The molecule has 0 spiro atoms. The van der Waals surface area contributed by atoms with Crippen LogP contribution in [0.3, 0.4) is 0 Å². The van der Waals surface area contributed by atoms with Crippen molar-refractivity contribution >= 4 is 5.69 Å². The minimum Gasteiger partial charge on any atom is -0.363 e. The van der Waals surface area contributed by atoms with Crippen molar-refractivity contribution in [2.75, 3.05) is 18.0 Å². The third-order valence-electron chi connectivity index (χ3n) is 4.16. The van der Waals surface area contributed by atoms with E-state index < -0.39 is 17.5 Å². The molecule has 1 fully saturated rings.